The molecule has 2 amide bonds. The number of halogens is 1. The highest BCUT2D eigenvalue weighted by Gasteiger charge is 2.40. The first-order valence-electron chi connectivity index (χ1n) is 10.3. The average molecular weight is 439 g/mol. The van der Waals surface area contributed by atoms with Crippen molar-refractivity contribution in [3.8, 4) is 0 Å². The second-order valence-electron chi connectivity index (χ2n) is 8.06. The molecule has 0 bridgehead atoms. The van der Waals surface area contributed by atoms with E-state index in [1.807, 2.05) is 37.4 Å². The summed E-state index contributed by atoms with van der Waals surface area (Å²) in [5, 5.41) is 9.30. The number of carbonyl (C=O) groups is 2. The van der Waals surface area contributed by atoms with Gasteiger partial charge in [0.25, 0.3) is 5.91 Å². The predicted octanol–water partition coefficient (Wildman–Crippen LogP) is 2.29. The molecular weight excluding hydrogens is 416 g/mol. The van der Waals surface area contributed by atoms with Crippen molar-refractivity contribution in [1.82, 2.24) is 24.5 Å². The number of nitrogens with zero attached hydrogens (tertiary/aromatic N) is 6. The first-order valence-corrected chi connectivity index (χ1v) is 10.7. The Hall–Kier alpha value is -3.13. The normalized spacial score (nSPS) is 18.7. The summed E-state index contributed by atoms with van der Waals surface area (Å²) >= 11 is 6.58. The van der Waals surface area contributed by atoms with Crippen LogP contribution in [0.5, 0.6) is 0 Å². The van der Waals surface area contributed by atoms with Crippen molar-refractivity contribution >= 4 is 29.1 Å². The van der Waals surface area contributed by atoms with Crippen LogP contribution in [0.2, 0.25) is 5.15 Å². The minimum atomic E-state index is -0.531. The molecule has 0 fully saturated rings. The van der Waals surface area contributed by atoms with Crippen LogP contribution in [0.15, 0.2) is 36.5 Å². The highest BCUT2D eigenvalue weighted by molar-refractivity contribution is 6.31. The quantitative estimate of drug-likeness (QED) is 0.628. The van der Waals surface area contributed by atoms with E-state index in [1.54, 1.807) is 32.4 Å². The summed E-state index contributed by atoms with van der Waals surface area (Å²) in [6.07, 6.45) is 3.51. The molecule has 1 atom stereocenters. The molecule has 0 radical (unpaired) electrons. The lowest BCUT2D eigenvalue weighted by atomic mass is 10.0. The first kappa shape index (κ1) is 19.8. The van der Waals surface area contributed by atoms with Gasteiger partial charge in [-0.3, -0.25) is 14.3 Å². The third-order valence-electron chi connectivity index (χ3n) is 6.27. The molecule has 4 heterocycles. The zero-order chi connectivity index (χ0) is 21.7. The maximum absolute atomic E-state index is 13.4. The van der Waals surface area contributed by atoms with Gasteiger partial charge in [0.15, 0.2) is 5.69 Å². The van der Waals surface area contributed by atoms with Crippen LogP contribution in [-0.4, -0.2) is 55.9 Å². The van der Waals surface area contributed by atoms with Crippen molar-refractivity contribution in [1.29, 1.82) is 0 Å². The van der Waals surface area contributed by atoms with Crippen molar-refractivity contribution in [3.05, 3.63) is 64.2 Å². The van der Waals surface area contributed by atoms with Crippen LogP contribution in [0.1, 0.15) is 33.7 Å². The lowest BCUT2D eigenvalue weighted by Gasteiger charge is -2.33. The van der Waals surface area contributed by atoms with Gasteiger partial charge in [0, 0.05) is 26.2 Å². The van der Waals surface area contributed by atoms with E-state index in [4.69, 9.17) is 11.6 Å². The van der Waals surface area contributed by atoms with Crippen molar-refractivity contribution < 1.29 is 9.59 Å². The fourth-order valence-electron chi connectivity index (χ4n) is 4.55. The van der Waals surface area contributed by atoms with Gasteiger partial charge >= 0.3 is 0 Å². The van der Waals surface area contributed by atoms with E-state index in [1.165, 1.54) is 0 Å². The third-order valence-corrected chi connectivity index (χ3v) is 6.69. The van der Waals surface area contributed by atoms with E-state index in [0.29, 0.717) is 43.2 Å². The van der Waals surface area contributed by atoms with Crippen LogP contribution < -0.4 is 4.90 Å². The van der Waals surface area contributed by atoms with Gasteiger partial charge in [-0.15, -0.1) is 0 Å². The van der Waals surface area contributed by atoms with E-state index in [-0.39, 0.29) is 11.8 Å². The highest BCUT2D eigenvalue weighted by Crippen LogP contribution is 2.32. The van der Waals surface area contributed by atoms with Crippen molar-refractivity contribution in [2.24, 2.45) is 7.05 Å². The van der Waals surface area contributed by atoms with Crippen molar-refractivity contribution in [3.63, 3.8) is 0 Å². The van der Waals surface area contributed by atoms with E-state index < -0.39 is 6.04 Å². The molecular formula is C22H23ClN6O2. The van der Waals surface area contributed by atoms with Crippen LogP contribution in [-0.2, 0) is 31.2 Å². The molecule has 1 unspecified atom stereocenters. The summed E-state index contributed by atoms with van der Waals surface area (Å²) in [4.78, 5) is 29.9. The number of rotatable bonds is 3. The van der Waals surface area contributed by atoms with Gasteiger partial charge in [-0.05, 0) is 24.8 Å². The summed E-state index contributed by atoms with van der Waals surface area (Å²) in [6, 6.07) is 9.34. The van der Waals surface area contributed by atoms with Crippen molar-refractivity contribution in [2.45, 2.75) is 31.8 Å². The zero-order valence-corrected chi connectivity index (χ0v) is 18.2. The molecule has 3 aromatic rings. The Morgan fingerprint density at radius 2 is 1.90 bits per heavy atom. The number of hydrogen-bond acceptors (Lipinski definition) is 4. The lowest BCUT2D eigenvalue weighted by molar-refractivity contribution is -0.122. The molecule has 9 heteroatoms. The van der Waals surface area contributed by atoms with Gasteiger partial charge in [0.05, 0.1) is 24.1 Å². The van der Waals surface area contributed by atoms with Crippen LogP contribution in [0.4, 0.5) is 5.69 Å². The number of fused-ring (bicyclic) bond motifs is 2. The molecule has 160 valence electrons. The molecule has 0 aliphatic carbocycles. The monoisotopic (exact) mass is 438 g/mol. The summed E-state index contributed by atoms with van der Waals surface area (Å²) in [5.74, 6) is -0.329. The van der Waals surface area contributed by atoms with Crippen molar-refractivity contribution in [2.75, 3.05) is 18.5 Å². The largest absolute Gasteiger partial charge is 0.325 e. The second kappa shape index (κ2) is 7.53. The molecule has 31 heavy (non-hydrogen) atoms. The maximum Gasteiger partial charge on any atom is 0.275 e. The SMILES string of the molecule is CN1C(=O)C(N2CCc3c(nn(Cc4ccccc4)c3Cl)C2=O)CCc2c1cnn2C. The molecule has 0 saturated heterocycles. The summed E-state index contributed by atoms with van der Waals surface area (Å²) < 4.78 is 3.47. The van der Waals surface area contributed by atoms with E-state index in [2.05, 4.69) is 10.2 Å². The van der Waals surface area contributed by atoms with Crippen LogP contribution in [0.25, 0.3) is 0 Å². The number of amides is 2. The van der Waals surface area contributed by atoms with Gasteiger partial charge < -0.3 is 9.80 Å². The second-order valence-corrected chi connectivity index (χ2v) is 8.42. The Balaban J connectivity index is 1.42. The van der Waals surface area contributed by atoms with Gasteiger partial charge in [-0.25, -0.2) is 4.68 Å². The summed E-state index contributed by atoms with van der Waals surface area (Å²) in [6.45, 7) is 0.939. The fourth-order valence-corrected chi connectivity index (χ4v) is 4.83. The standard InChI is InChI=1S/C22H23ClN6O2/c1-26-18-12-24-27(2)16(18)8-9-17(21(26)30)28-11-10-15-19(22(28)31)25-29(20(15)23)13-14-6-4-3-5-7-14/h3-7,12,17H,8-11,13H2,1-2H3. The van der Waals surface area contributed by atoms with Gasteiger partial charge in [-0.1, -0.05) is 41.9 Å². The molecule has 8 nitrogen and oxygen atoms in total. The smallest absolute Gasteiger partial charge is 0.275 e. The molecule has 2 aliphatic rings. The van der Waals surface area contributed by atoms with Gasteiger partial charge in [-0.2, -0.15) is 10.2 Å². The Kier molecular flexibility index (Phi) is 4.81. The van der Waals surface area contributed by atoms with Crippen LogP contribution >= 0.6 is 11.6 Å². The lowest BCUT2D eigenvalue weighted by Crippen LogP contribution is -2.52. The molecule has 2 aromatic heterocycles. The van der Waals surface area contributed by atoms with E-state index >= 15 is 0 Å². The number of carbonyl (C=O) groups excluding carboxylic acids is 2. The predicted molar refractivity (Wildman–Crippen MR) is 116 cm³/mol. The number of likely N-dealkylation sites (N-methyl/N-ethyl adjacent to an activating group) is 1. The number of aromatic nitrogens is 4. The summed E-state index contributed by atoms with van der Waals surface area (Å²) in [7, 11) is 3.61. The first-order chi connectivity index (χ1) is 15.0. The number of aryl methyl sites for hydroxylation is 1. The highest BCUT2D eigenvalue weighted by atomic mass is 35.5. The Morgan fingerprint density at radius 1 is 1.13 bits per heavy atom. The third kappa shape index (κ3) is 3.22. The van der Waals surface area contributed by atoms with E-state index in [0.717, 1.165) is 22.5 Å². The number of anilines is 1. The topological polar surface area (TPSA) is 76.3 Å². The molecule has 0 N–H and O–H groups in total. The minimum Gasteiger partial charge on any atom is -0.325 e. The molecule has 1 aromatic carbocycles. The Labute approximate surface area is 185 Å². The zero-order valence-electron chi connectivity index (χ0n) is 17.5. The fraction of sp³-hybridized carbons (Fsp3) is 0.364. The van der Waals surface area contributed by atoms with Gasteiger partial charge in [0.1, 0.15) is 11.2 Å². The number of hydrogen-bond donors (Lipinski definition) is 0. The maximum atomic E-state index is 13.4. The van der Waals surface area contributed by atoms with Crippen LogP contribution in [0, 0.1) is 0 Å². The van der Waals surface area contributed by atoms with E-state index in [9.17, 15) is 9.59 Å². The minimum absolute atomic E-state index is 0.0987. The Bertz CT molecular complexity index is 1170. The van der Waals surface area contributed by atoms with Crippen LogP contribution in [0.3, 0.4) is 0 Å². The molecule has 2 aliphatic heterocycles. The Morgan fingerprint density at radius 3 is 2.68 bits per heavy atom. The molecule has 0 saturated carbocycles. The number of benzene rings is 1. The average Bonchev–Trinajstić information content (AvgIpc) is 3.26. The molecule has 0 spiro atoms. The molecule has 5 rings (SSSR count). The summed E-state index contributed by atoms with van der Waals surface area (Å²) in [5.41, 5.74) is 3.97. The van der Waals surface area contributed by atoms with Gasteiger partial charge in [0.2, 0.25) is 5.91 Å².